The SMILES string of the molecule is O=C(C1CCc2ccccc2O1)N1CCN(c2ccc(-n3cccn3)nn2)CC1. The lowest BCUT2D eigenvalue weighted by Gasteiger charge is -2.37. The third-order valence-electron chi connectivity index (χ3n) is 5.48. The summed E-state index contributed by atoms with van der Waals surface area (Å²) in [4.78, 5) is 17.0. The summed E-state index contributed by atoms with van der Waals surface area (Å²) in [7, 11) is 0. The van der Waals surface area contributed by atoms with Crippen LogP contribution in [0.2, 0.25) is 0 Å². The molecular formula is C21H22N6O2. The van der Waals surface area contributed by atoms with E-state index in [1.54, 1.807) is 10.9 Å². The van der Waals surface area contributed by atoms with Gasteiger partial charge in [0, 0.05) is 38.6 Å². The molecule has 0 N–H and O–H groups in total. The number of anilines is 1. The first-order valence-corrected chi connectivity index (χ1v) is 9.90. The van der Waals surface area contributed by atoms with E-state index in [9.17, 15) is 4.79 Å². The van der Waals surface area contributed by atoms with Gasteiger partial charge in [-0.2, -0.15) is 5.10 Å². The van der Waals surface area contributed by atoms with Crippen LogP contribution in [0.5, 0.6) is 5.75 Å². The first-order valence-electron chi connectivity index (χ1n) is 9.90. The van der Waals surface area contributed by atoms with Crippen LogP contribution >= 0.6 is 0 Å². The summed E-state index contributed by atoms with van der Waals surface area (Å²) in [5, 5.41) is 12.7. The maximum absolute atomic E-state index is 12.9. The van der Waals surface area contributed by atoms with Crippen LogP contribution in [0.4, 0.5) is 5.82 Å². The molecule has 0 spiro atoms. The summed E-state index contributed by atoms with van der Waals surface area (Å²) in [6, 6.07) is 13.7. The zero-order valence-electron chi connectivity index (χ0n) is 16.0. The zero-order chi connectivity index (χ0) is 19.6. The second kappa shape index (κ2) is 7.54. The van der Waals surface area contributed by atoms with Crippen molar-refractivity contribution in [2.75, 3.05) is 31.1 Å². The average molecular weight is 390 g/mol. The lowest BCUT2D eigenvalue weighted by atomic mass is 10.0. The predicted molar refractivity (Wildman–Crippen MR) is 107 cm³/mol. The highest BCUT2D eigenvalue weighted by Gasteiger charge is 2.31. The van der Waals surface area contributed by atoms with Crippen molar-refractivity contribution >= 4 is 11.7 Å². The highest BCUT2D eigenvalue weighted by atomic mass is 16.5. The molecule has 1 unspecified atom stereocenters. The normalized spacial score (nSPS) is 18.8. The van der Waals surface area contributed by atoms with Crippen molar-refractivity contribution in [2.24, 2.45) is 0 Å². The van der Waals surface area contributed by atoms with E-state index in [0.29, 0.717) is 18.9 Å². The third kappa shape index (κ3) is 3.53. The molecule has 148 valence electrons. The fraction of sp³-hybridized carbons (Fsp3) is 0.333. The number of amides is 1. The number of aryl methyl sites for hydroxylation is 1. The quantitative estimate of drug-likeness (QED) is 0.678. The van der Waals surface area contributed by atoms with Crippen molar-refractivity contribution < 1.29 is 9.53 Å². The molecule has 5 rings (SSSR count). The molecule has 8 nitrogen and oxygen atoms in total. The molecule has 0 aliphatic carbocycles. The minimum atomic E-state index is -0.385. The van der Waals surface area contributed by atoms with Crippen LogP contribution < -0.4 is 9.64 Å². The van der Waals surface area contributed by atoms with Gasteiger partial charge in [-0.05, 0) is 42.7 Å². The molecule has 4 heterocycles. The topological polar surface area (TPSA) is 76.4 Å². The number of ether oxygens (including phenoxy) is 1. The van der Waals surface area contributed by atoms with Crippen LogP contribution in [0.15, 0.2) is 54.9 Å². The van der Waals surface area contributed by atoms with Gasteiger partial charge in [-0.1, -0.05) is 18.2 Å². The molecule has 1 aromatic carbocycles. The fourth-order valence-electron chi connectivity index (χ4n) is 3.87. The number of hydrogen-bond donors (Lipinski definition) is 0. The number of hydrogen-bond acceptors (Lipinski definition) is 6. The Bertz CT molecular complexity index is 981. The first-order chi connectivity index (χ1) is 14.3. The predicted octanol–water partition coefficient (Wildman–Crippen LogP) is 1.70. The summed E-state index contributed by atoms with van der Waals surface area (Å²) in [6.45, 7) is 2.77. The van der Waals surface area contributed by atoms with Crippen LogP contribution in [-0.2, 0) is 11.2 Å². The smallest absolute Gasteiger partial charge is 0.263 e. The molecule has 8 heteroatoms. The van der Waals surface area contributed by atoms with Crippen molar-refractivity contribution in [3.8, 4) is 11.6 Å². The lowest BCUT2D eigenvalue weighted by Crippen LogP contribution is -2.53. The molecule has 29 heavy (non-hydrogen) atoms. The van der Waals surface area contributed by atoms with Gasteiger partial charge in [0.15, 0.2) is 17.7 Å². The van der Waals surface area contributed by atoms with Gasteiger partial charge < -0.3 is 14.5 Å². The van der Waals surface area contributed by atoms with Crippen LogP contribution in [0.1, 0.15) is 12.0 Å². The zero-order valence-corrected chi connectivity index (χ0v) is 16.0. The number of nitrogens with zero attached hydrogens (tertiary/aromatic N) is 6. The molecule has 0 radical (unpaired) electrons. The first kappa shape index (κ1) is 17.7. The number of carbonyl (C=O) groups excluding carboxylic acids is 1. The van der Waals surface area contributed by atoms with E-state index in [-0.39, 0.29) is 12.0 Å². The van der Waals surface area contributed by atoms with Gasteiger partial charge >= 0.3 is 0 Å². The molecule has 3 aromatic rings. The number of fused-ring (bicyclic) bond motifs is 1. The molecule has 2 aromatic heterocycles. The van der Waals surface area contributed by atoms with Gasteiger partial charge in [0.2, 0.25) is 0 Å². The molecule has 1 fully saturated rings. The number of rotatable bonds is 3. The number of para-hydroxylation sites is 1. The Hall–Kier alpha value is -3.42. The van der Waals surface area contributed by atoms with Crippen molar-refractivity contribution in [3.05, 3.63) is 60.4 Å². The maximum Gasteiger partial charge on any atom is 0.263 e. The molecule has 2 aliphatic heterocycles. The second-order valence-corrected chi connectivity index (χ2v) is 7.27. The van der Waals surface area contributed by atoms with E-state index in [0.717, 1.165) is 37.5 Å². The Balaban J connectivity index is 1.19. The maximum atomic E-state index is 12.9. The van der Waals surface area contributed by atoms with E-state index in [1.807, 2.05) is 47.5 Å². The van der Waals surface area contributed by atoms with Crippen molar-refractivity contribution in [2.45, 2.75) is 18.9 Å². The van der Waals surface area contributed by atoms with Crippen LogP contribution in [0.25, 0.3) is 5.82 Å². The van der Waals surface area contributed by atoms with Gasteiger partial charge in [-0.15, -0.1) is 10.2 Å². The molecule has 2 aliphatic rings. The summed E-state index contributed by atoms with van der Waals surface area (Å²) in [5.74, 6) is 2.42. The van der Waals surface area contributed by atoms with E-state index in [4.69, 9.17) is 4.74 Å². The van der Waals surface area contributed by atoms with Gasteiger partial charge in [0.1, 0.15) is 5.75 Å². The Labute approximate surface area is 168 Å². The monoisotopic (exact) mass is 390 g/mol. The molecule has 0 saturated carbocycles. The Morgan fingerprint density at radius 3 is 2.52 bits per heavy atom. The average Bonchev–Trinajstić information content (AvgIpc) is 3.33. The second-order valence-electron chi connectivity index (χ2n) is 7.27. The largest absolute Gasteiger partial charge is 0.480 e. The van der Waals surface area contributed by atoms with Gasteiger partial charge in [-0.3, -0.25) is 4.79 Å². The number of piperazine rings is 1. The minimum Gasteiger partial charge on any atom is -0.480 e. The van der Waals surface area contributed by atoms with Crippen molar-refractivity contribution in [3.63, 3.8) is 0 Å². The highest BCUT2D eigenvalue weighted by Crippen LogP contribution is 2.28. The fourth-order valence-corrected chi connectivity index (χ4v) is 3.87. The van der Waals surface area contributed by atoms with E-state index in [2.05, 4.69) is 26.3 Å². The van der Waals surface area contributed by atoms with E-state index >= 15 is 0 Å². The van der Waals surface area contributed by atoms with Crippen molar-refractivity contribution in [1.29, 1.82) is 0 Å². The number of carbonyl (C=O) groups is 1. The molecule has 1 saturated heterocycles. The Morgan fingerprint density at radius 2 is 1.76 bits per heavy atom. The number of aromatic nitrogens is 4. The molecular weight excluding hydrogens is 368 g/mol. The lowest BCUT2D eigenvalue weighted by molar-refractivity contribution is -0.139. The van der Waals surface area contributed by atoms with Crippen molar-refractivity contribution in [1.82, 2.24) is 24.9 Å². The summed E-state index contributed by atoms with van der Waals surface area (Å²) < 4.78 is 7.65. The van der Waals surface area contributed by atoms with Crippen LogP contribution in [-0.4, -0.2) is 63.1 Å². The van der Waals surface area contributed by atoms with E-state index < -0.39 is 0 Å². The van der Waals surface area contributed by atoms with Crippen LogP contribution in [0.3, 0.4) is 0 Å². The standard InChI is InChI=1S/C21H22N6O2/c28-21(18-7-6-16-4-1-2-5-17(16)29-18)26-14-12-25(13-15-26)19-8-9-20(24-23-19)27-11-3-10-22-27/h1-5,8-11,18H,6-7,12-15H2. The Morgan fingerprint density at radius 1 is 0.966 bits per heavy atom. The highest BCUT2D eigenvalue weighted by molar-refractivity contribution is 5.82. The summed E-state index contributed by atoms with van der Waals surface area (Å²) in [6.07, 6.45) is 4.77. The molecule has 0 bridgehead atoms. The molecule has 1 atom stereocenters. The number of benzene rings is 1. The van der Waals surface area contributed by atoms with Gasteiger partial charge in [0.25, 0.3) is 5.91 Å². The Kier molecular flexibility index (Phi) is 4.59. The minimum absolute atomic E-state index is 0.0827. The van der Waals surface area contributed by atoms with Gasteiger partial charge in [0.05, 0.1) is 0 Å². The summed E-state index contributed by atoms with van der Waals surface area (Å²) >= 11 is 0. The molecule has 1 amide bonds. The van der Waals surface area contributed by atoms with Gasteiger partial charge in [-0.25, -0.2) is 4.68 Å². The van der Waals surface area contributed by atoms with Crippen LogP contribution in [0, 0.1) is 0 Å². The summed E-state index contributed by atoms with van der Waals surface area (Å²) in [5.41, 5.74) is 1.18. The third-order valence-corrected chi connectivity index (χ3v) is 5.48. The van der Waals surface area contributed by atoms with E-state index in [1.165, 1.54) is 5.56 Å².